The van der Waals surface area contributed by atoms with Crippen molar-refractivity contribution in [3.05, 3.63) is 106 Å². The summed E-state index contributed by atoms with van der Waals surface area (Å²) >= 11 is 0. The maximum atomic E-state index is 11.7. The van der Waals surface area contributed by atoms with E-state index >= 15 is 0 Å². The zero-order valence-corrected chi connectivity index (χ0v) is 20.2. The van der Waals surface area contributed by atoms with Gasteiger partial charge < -0.3 is 20.3 Å². The summed E-state index contributed by atoms with van der Waals surface area (Å²) in [6, 6.07) is 21.4. The Balaban J connectivity index is 0.000000384. The molecule has 4 aromatic carbocycles. The monoisotopic (exact) mass is 485 g/mol. The summed E-state index contributed by atoms with van der Waals surface area (Å²) in [6.45, 7) is 8.13. The number of anilines is 2. The molecule has 0 aliphatic heterocycles. The van der Waals surface area contributed by atoms with Crippen LogP contribution in [-0.4, -0.2) is 35.2 Å². The first-order chi connectivity index (χ1) is 17.2. The molecule has 4 aromatic rings. The van der Waals surface area contributed by atoms with Gasteiger partial charge in [-0.25, -0.2) is 9.59 Å². The Morgan fingerprint density at radius 3 is 1.69 bits per heavy atom. The zero-order chi connectivity index (χ0) is 26.8. The van der Waals surface area contributed by atoms with E-state index in [1.54, 1.807) is 0 Å². The van der Waals surface area contributed by atoms with E-state index in [-0.39, 0.29) is 27.5 Å². The predicted octanol–water partition coefficient (Wildman–Crippen LogP) is 6.22. The molecule has 0 aromatic heterocycles. The quantitative estimate of drug-likeness (QED) is 0.287. The third-order valence-electron chi connectivity index (χ3n) is 5.25. The number of carbonyl (C=O) groups excluding carboxylic acids is 2. The largest absolute Gasteiger partial charge is 0.478 e. The lowest BCUT2D eigenvalue weighted by Crippen LogP contribution is -2.06. The number of hydrogen-bond donors (Lipinski definition) is 3. The summed E-state index contributed by atoms with van der Waals surface area (Å²) in [5, 5.41) is 22.4. The molecule has 0 aliphatic carbocycles. The van der Waals surface area contributed by atoms with Gasteiger partial charge in [0.2, 0.25) is 0 Å². The summed E-state index contributed by atoms with van der Waals surface area (Å²) in [5.41, 5.74) is 4.74. The van der Waals surface area contributed by atoms with E-state index in [0.717, 1.165) is 11.3 Å². The minimum Gasteiger partial charge on any atom is -0.478 e. The Morgan fingerprint density at radius 2 is 1.22 bits per heavy atom. The molecule has 184 valence electrons. The highest BCUT2D eigenvalue weighted by Gasteiger charge is 2.20. The van der Waals surface area contributed by atoms with E-state index in [1.165, 1.54) is 35.4 Å². The van der Waals surface area contributed by atoms with Gasteiger partial charge in [0, 0.05) is 27.7 Å². The van der Waals surface area contributed by atoms with Crippen LogP contribution < -0.4 is 5.32 Å². The molecule has 3 N–H and O–H groups in total. The summed E-state index contributed by atoms with van der Waals surface area (Å²) in [4.78, 5) is 42.7. The van der Waals surface area contributed by atoms with E-state index < -0.39 is 11.9 Å². The van der Waals surface area contributed by atoms with Gasteiger partial charge in [0.05, 0.1) is 11.1 Å². The number of hydrogen-bond acceptors (Lipinski definition) is 5. The number of nitrogens with one attached hydrogen (secondary N) is 1. The first-order valence-electron chi connectivity index (χ1n) is 10.9. The van der Waals surface area contributed by atoms with Crippen molar-refractivity contribution < 1.29 is 29.4 Å². The lowest BCUT2D eigenvalue weighted by molar-refractivity contribution is -0.0980. The van der Waals surface area contributed by atoms with E-state index in [9.17, 15) is 24.6 Å². The van der Waals surface area contributed by atoms with Gasteiger partial charge in [-0.05, 0) is 56.7 Å². The summed E-state index contributed by atoms with van der Waals surface area (Å²) < 4.78 is 0. The van der Waals surface area contributed by atoms with Gasteiger partial charge in [0.15, 0.2) is 6.29 Å². The van der Waals surface area contributed by atoms with Crippen molar-refractivity contribution in [2.45, 2.75) is 20.8 Å². The maximum Gasteiger partial charge on any atom is 0.336 e. The van der Waals surface area contributed by atoms with Gasteiger partial charge in [-0.3, -0.25) is 4.79 Å². The molecule has 7 nitrogen and oxygen atoms in total. The van der Waals surface area contributed by atoms with Gasteiger partial charge in [0.1, 0.15) is 6.79 Å². The number of aldehydes is 1. The molecule has 0 saturated carbocycles. The molecule has 36 heavy (non-hydrogen) atoms. The van der Waals surface area contributed by atoms with Gasteiger partial charge in [-0.1, -0.05) is 53.6 Å². The van der Waals surface area contributed by atoms with Gasteiger partial charge >= 0.3 is 11.9 Å². The molecule has 0 bridgehead atoms. The van der Waals surface area contributed by atoms with Gasteiger partial charge in [0.25, 0.3) is 0 Å². The summed E-state index contributed by atoms with van der Waals surface area (Å²) in [7, 11) is 0. The fraction of sp³-hybridized carbons (Fsp3) is 0.103. The Labute approximate surface area is 209 Å². The topological polar surface area (TPSA) is 121 Å². The van der Waals surface area contributed by atoms with Gasteiger partial charge in [-0.15, -0.1) is 0 Å². The first-order valence-corrected chi connectivity index (χ1v) is 10.9. The molecular weight excluding hydrogens is 458 g/mol. The zero-order valence-electron chi connectivity index (χ0n) is 20.2. The normalized spacial score (nSPS) is 9.75. The molecule has 0 atom stereocenters. The molecule has 0 amide bonds. The van der Waals surface area contributed by atoms with Crippen LogP contribution >= 0.6 is 0 Å². The second-order valence-electron chi connectivity index (χ2n) is 7.99. The highest BCUT2D eigenvalue weighted by Crippen LogP contribution is 2.34. The van der Waals surface area contributed by atoms with Crippen molar-refractivity contribution in [2.75, 3.05) is 5.32 Å². The fourth-order valence-corrected chi connectivity index (χ4v) is 3.77. The average molecular weight is 486 g/mol. The predicted molar refractivity (Wildman–Crippen MR) is 141 cm³/mol. The smallest absolute Gasteiger partial charge is 0.336 e. The number of benzene rings is 4. The van der Waals surface area contributed by atoms with Crippen LogP contribution in [0.4, 0.5) is 11.4 Å². The standard InChI is InChI=1S/C20H15NO5.C8H10.CH2O/c1-11-3-2-4-13(9-11)21-16-8-7-14(19(23)24)17-12(10-22)5-6-15(18(16)17)20(25)26;1-7-4-3-5-8(2)6-7;1-2/h2-10,21H,1H3,(H,23,24)(H,25,26);3-6H,1-2H3;1H2. The van der Waals surface area contributed by atoms with Crippen LogP contribution in [0.1, 0.15) is 47.8 Å². The average Bonchev–Trinajstić information content (AvgIpc) is 2.84. The van der Waals surface area contributed by atoms with E-state index in [2.05, 4.69) is 43.4 Å². The van der Waals surface area contributed by atoms with Crippen molar-refractivity contribution >= 4 is 47.2 Å². The van der Waals surface area contributed by atoms with Crippen LogP contribution in [0.5, 0.6) is 0 Å². The highest BCUT2D eigenvalue weighted by molar-refractivity contribution is 6.19. The molecule has 0 spiro atoms. The van der Waals surface area contributed by atoms with Crippen LogP contribution in [0.15, 0.2) is 72.8 Å². The Morgan fingerprint density at radius 1 is 0.722 bits per heavy atom. The molecule has 0 unspecified atom stereocenters. The number of carboxylic acids is 2. The summed E-state index contributed by atoms with van der Waals surface area (Å²) in [5.74, 6) is -2.44. The maximum absolute atomic E-state index is 11.7. The van der Waals surface area contributed by atoms with E-state index in [0.29, 0.717) is 12.0 Å². The highest BCUT2D eigenvalue weighted by atomic mass is 16.4. The number of aromatic carboxylic acids is 2. The van der Waals surface area contributed by atoms with Crippen molar-refractivity contribution in [2.24, 2.45) is 0 Å². The van der Waals surface area contributed by atoms with Crippen LogP contribution in [0, 0.1) is 20.8 Å². The Bertz CT molecular complexity index is 1390. The van der Waals surface area contributed by atoms with Crippen LogP contribution in [0.25, 0.3) is 10.8 Å². The van der Waals surface area contributed by atoms with Gasteiger partial charge in [-0.2, -0.15) is 0 Å². The molecule has 7 heteroatoms. The minimum absolute atomic E-state index is 0.0798. The SMILES string of the molecule is C=O.Cc1cccc(C)c1.Cc1cccc(Nc2ccc(C(=O)O)c3c(C=O)ccc(C(=O)O)c23)c1. The first kappa shape index (κ1) is 27.5. The Hall–Kier alpha value is -4.78. The second kappa shape index (κ2) is 12.6. The lowest BCUT2D eigenvalue weighted by Gasteiger charge is -2.15. The van der Waals surface area contributed by atoms with E-state index in [1.807, 2.05) is 38.0 Å². The van der Waals surface area contributed by atoms with Crippen LogP contribution in [-0.2, 0) is 4.79 Å². The fourth-order valence-electron chi connectivity index (χ4n) is 3.77. The molecule has 0 aliphatic rings. The van der Waals surface area contributed by atoms with Crippen molar-refractivity contribution in [3.63, 3.8) is 0 Å². The lowest BCUT2D eigenvalue weighted by atomic mass is 9.94. The van der Waals surface area contributed by atoms with Crippen molar-refractivity contribution in [1.29, 1.82) is 0 Å². The van der Waals surface area contributed by atoms with E-state index in [4.69, 9.17) is 4.79 Å². The minimum atomic E-state index is -1.23. The number of carbonyl (C=O) groups is 4. The number of fused-ring (bicyclic) bond motifs is 1. The molecular formula is C29H27NO6. The van der Waals surface area contributed by atoms with Crippen LogP contribution in [0.3, 0.4) is 0 Å². The van der Waals surface area contributed by atoms with Crippen molar-refractivity contribution in [3.8, 4) is 0 Å². The summed E-state index contributed by atoms with van der Waals surface area (Å²) in [6.07, 6.45) is 0.525. The molecule has 0 heterocycles. The molecule has 0 radical (unpaired) electrons. The number of carboxylic acid groups (broad SMARTS) is 2. The Kier molecular flexibility index (Phi) is 9.63. The van der Waals surface area contributed by atoms with Crippen LogP contribution in [0.2, 0.25) is 0 Å². The molecule has 4 rings (SSSR count). The third kappa shape index (κ3) is 6.64. The molecule has 0 fully saturated rings. The second-order valence-corrected chi connectivity index (χ2v) is 7.99. The third-order valence-corrected chi connectivity index (χ3v) is 5.25. The molecule has 0 saturated heterocycles. The van der Waals surface area contributed by atoms with Crippen molar-refractivity contribution in [1.82, 2.24) is 0 Å². The number of rotatable bonds is 5. The number of aryl methyl sites for hydroxylation is 3.